The summed E-state index contributed by atoms with van der Waals surface area (Å²) in [5.41, 5.74) is 1.93. The molecule has 94 valence electrons. The molecule has 0 bridgehead atoms. The fourth-order valence-electron chi connectivity index (χ4n) is 1.97. The quantitative estimate of drug-likeness (QED) is 0.654. The normalized spacial score (nSPS) is 10.6. The highest BCUT2D eigenvalue weighted by molar-refractivity contribution is 6.31. The molecule has 0 spiro atoms. The first-order chi connectivity index (χ1) is 9.24. The number of aryl methyl sites for hydroxylation is 1. The van der Waals surface area contributed by atoms with Crippen LogP contribution >= 0.6 is 11.6 Å². The van der Waals surface area contributed by atoms with E-state index < -0.39 is 0 Å². The Labute approximate surface area is 116 Å². The molecule has 0 aliphatic rings. The molecule has 0 saturated carbocycles. The van der Waals surface area contributed by atoms with Gasteiger partial charge >= 0.3 is 0 Å². The van der Waals surface area contributed by atoms with Crippen LogP contribution in [0.25, 0.3) is 10.9 Å². The van der Waals surface area contributed by atoms with Gasteiger partial charge in [0.25, 0.3) is 0 Å². The number of fused-ring (bicyclic) bond motifs is 1. The van der Waals surface area contributed by atoms with Crippen molar-refractivity contribution in [1.82, 2.24) is 4.98 Å². The van der Waals surface area contributed by atoms with Gasteiger partial charge in [-0.2, -0.15) is 0 Å². The molecule has 0 unspecified atom stereocenters. The van der Waals surface area contributed by atoms with E-state index >= 15 is 0 Å². The third kappa shape index (κ3) is 2.40. The van der Waals surface area contributed by atoms with E-state index in [1.165, 1.54) is 0 Å². The van der Waals surface area contributed by atoms with Crippen molar-refractivity contribution in [1.29, 1.82) is 0 Å². The van der Waals surface area contributed by atoms with Gasteiger partial charge in [-0.15, -0.1) is 0 Å². The Hall–Kier alpha value is -2.06. The van der Waals surface area contributed by atoms with E-state index in [2.05, 4.69) is 4.98 Å². The average molecular weight is 270 g/mol. The summed E-state index contributed by atoms with van der Waals surface area (Å²) in [5.74, 6) is 1.64. The molecule has 0 amide bonds. The molecule has 0 aliphatic heterocycles. The zero-order chi connectivity index (χ0) is 13.2. The first kappa shape index (κ1) is 12.0. The molecule has 0 N–H and O–H groups in total. The van der Waals surface area contributed by atoms with Gasteiger partial charge in [0.15, 0.2) is 0 Å². The van der Waals surface area contributed by atoms with E-state index in [9.17, 15) is 0 Å². The Morgan fingerprint density at radius 1 is 1.00 bits per heavy atom. The number of nitrogens with zero attached hydrogens (tertiary/aromatic N) is 1. The highest BCUT2D eigenvalue weighted by Gasteiger charge is 2.06. The summed E-state index contributed by atoms with van der Waals surface area (Å²) in [6.45, 7) is 2.02. The first-order valence-corrected chi connectivity index (χ1v) is 6.39. The predicted molar refractivity (Wildman–Crippen MR) is 78.0 cm³/mol. The van der Waals surface area contributed by atoms with Crippen LogP contribution in [-0.4, -0.2) is 4.98 Å². The lowest BCUT2D eigenvalue weighted by Gasteiger charge is -2.10. The number of hydrogen-bond donors (Lipinski definition) is 0. The maximum absolute atomic E-state index is 5.98. The fraction of sp³-hybridized carbons (Fsp3) is 0.0625. The van der Waals surface area contributed by atoms with Crippen LogP contribution in [0.4, 0.5) is 0 Å². The van der Waals surface area contributed by atoms with Crippen LogP contribution in [0.1, 0.15) is 5.56 Å². The summed E-state index contributed by atoms with van der Waals surface area (Å²) in [5, 5.41) is 1.63. The molecule has 1 aromatic heterocycles. The highest BCUT2D eigenvalue weighted by atomic mass is 35.5. The third-order valence-electron chi connectivity index (χ3n) is 2.98. The lowest BCUT2D eigenvalue weighted by atomic mass is 10.2. The molecule has 0 atom stereocenters. The van der Waals surface area contributed by atoms with Crippen molar-refractivity contribution in [2.45, 2.75) is 6.92 Å². The lowest BCUT2D eigenvalue weighted by Crippen LogP contribution is -1.89. The lowest BCUT2D eigenvalue weighted by molar-refractivity contribution is 0.484. The number of para-hydroxylation sites is 1. The molecular formula is C16H12ClNO. The summed E-state index contributed by atoms with van der Waals surface area (Å²) >= 11 is 5.98. The number of ether oxygens (including phenoxy) is 1. The summed E-state index contributed by atoms with van der Waals surface area (Å²) in [6, 6.07) is 15.4. The largest absolute Gasteiger partial charge is 0.456 e. The maximum Gasteiger partial charge on any atom is 0.138 e. The van der Waals surface area contributed by atoms with Crippen LogP contribution in [0.5, 0.6) is 11.5 Å². The molecule has 0 radical (unpaired) electrons. The van der Waals surface area contributed by atoms with Gasteiger partial charge in [0.05, 0.1) is 5.52 Å². The predicted octanol–water partition coefficient (Wildman–Crippen LogP) is 4.99. The molecule has 3 rings (SSSR count). The maximum atomic E-state index is 5.98. The second-order valence-corrected chi connectivity index (χ2v) is 4.77. The van der Waals surface area contributed by atoms with Crippen LogP contribution < -0.4 is 4.74 Å². The van der Waals surface area contributed by atoms with Crippen LogP contribution in [-0.2, 0) is 0 Å². The zero-order valence-corrected chi connectivity index (χ0v) is 11.2. The topological polar surface area (TPSA) is 22.1 Å². The summed E-state index contributed by atoms with van der Waals surface area (Å²) in [7, 11) is 0. The van der Waals surface area contributed by atoms with E-state index in [-0.39, 0.29) is 0 Å². The van der Waals surface area contributed by atoms with Crippen LogP contribution in [0.3, 0.4) is 0 Å². The Balaban J connectivity index is 2.09. The van der Waals surface area contributed by atoms with E-state index in [1.807, 2.05) is 55.5 Å². The number of aromatic nitrogens is 1. The fourth-order valence-corrected chi connectivity index (χ4v) is 2.14. The Morgan fingerprint density at radius 2 is 1.84 bits per heavy atom. The molecule has 2 aromatic carbocycles. The molecule has 1 heterocycles. The zero-order valence-electron chi connectivity index (χ0n) is 10.4. The van der Waals surface area contributed by atoms with Gasteiger partial charge in [-0.05, 0) is 42.8 Å². The summed E-state index contributed by atoms with van der Waals surface area (Å²) in [4.78, 5) is 4.30. The second-order valence-electron chi connectivity index (χ2n) is 4.34. The number of rotatable bonds is 2. The molecule has 2 nitrogen and oxygen atoms in total. The Kier molecular flexibility index (Phi) is 3.10. The number of halogens is 1. The van der Waals surface area contributed by atoms with Crippen molar-refractivity contribution < 1.29 is 4.74 Å². The number of benzene rings is 2. The molecular weight excluding hydrogens is 258 g/mol. The SMILES string of the molecule is Cc1ccccc1Oc1ccnc2cc(Cl)ccc12. The van der Waals surface area contributed by atoms with Gasteiger partial charge in [0, 0.05) is 16.6 Å². The van der Waals surface area contributed by atoms with E-state index in [0.717, 1.165) is 28.0 Å². The molecule has 0 saturated heterocycles. The minimum atomic E-state index is 0.674. The van der Waals surface area contributed by atoms with Crippen molar-refractivity contribution in [3.8, 4) is 11.5 Å². The minimum absolute atomic E-state index is 0.674. The van der Waals surface area contributed by atoms with Gasteiger partial charge < -0.3 is 4.74 Å². The minimum Gasteiger partial charge on any atom is -0.456 e. The van der Waals surface area contributed by atoms with Gasteiger partial charge in [-0.1, -0.05) is 29.8 Å². The average Bonchev–Trinajstić information content (AvgIpc) is 2.41. The Bertz CT molecular complexity index is 740. The van der Waals surface area contributed by atoms with E-state index in [4.69, 9.17) is 16.3 Å². The highest BCUT2D eigenvalue weighted by Crippen LogP contribution is 2.31. The van der Waals surface area contributed by atoms with Crippen molar-refractivity contribution in [2.24, 2.45) is 0 Å². The van der Waals surface area contributed by atoms with Crippen LogP contribution in [0.2, 0.25) is 5.02 Å². The smallest absolute Gasteiger partial charge is 0.138 e. The molecule has 0 fully saturated rings. The van der Waals surface area contributed by atoms with Crippen LogP contribution in [0, 0.1) is 6.92 Å². The second kappa shape index (κ2) is 4.90. The number of pyridine rings is 1. The standard InChI is InChI=1S/C16H12ClNO/c1-11-4-2-3-5-15(11)19-16-8-9-18-14-10-12(17)6-7-13(14)16/h2-10H,1H3. The van der Waals surface area contributed by atoms with Crippen molar-refractivity contribution >= 4 is 22.5 Å². The Morgan fingerprint density at radius 3 is 2.68 bits per heavy atom. The van der Waals surface area contributed by atoms with Gasteiger partial charge in [0.1, 0.15) is 11.5 Å². The summed E-state index contributed by atoms with van der Waals surface area (Å²) in [6.07, 6.45) is 1.73. The summed E-state index contributed by atoms with van der Waals surface area (Å²) < 4.78 is 5.98. The van der Waals surface area contributed by atoms with Crippen LogP contribution in [0.15, 0.2) is 54.7 Å². The number of hydrogen-bond acceptors (Lipinski definition) is 2. The van der Waals surface area contributed by atoms with Gasteiger partial charge in [-0.3, -0.25) is 4.98 Å². The van der Waals surface area contributed by atoms with Gasteiger partial charge in [0.2, 0.25) is 0 Å². The van der Waals surface area contributed by atoms with Crippen molar-refractivity contribution in [2.75, 3.05) is 0 Å². The molecule has 0 aliphatic carbocycles. The van der Waals surface area contributed by atoms with Crippen molar-refractivity contribution in [3.63, 3.8) is 0 Å². The molecule has 3 heteroatoms. The molecule has 3 aromatic rings. The van der Waals surface area contributed by atoms with Gasteiger partial charge in [-0.25, -0.2) is 0 Å². The van der Waals surface area contributed by atoms with Crippen molar-refractivity contribution in [3.05, 3.63) is 65.3 Å². The monoisotopic (exact) mass is 269 g/mol. The third-order valence-corrected chi connectivity index (χ3v) is 3.21. The van der Waals surface area contributed by atoms with E-state index in [1.54, 1.807) is 6.20 Å². The molecule has 19 heavy (non-hydrogen) atoms. The van der Waals surface area contributed by atoms with E-state index in [0.29, 0.717) is 5.02 Å². The first-order valence-electron chi connectivity index (χ1n) is 6.02.